The first kappa shape index (κ1) is 15.4. The van der Waals surface area contributed by atoms with E-state index in [1.54, 1.807) is 0 Å². The van der Waals surface area contributed by atoms with Crippen LogP contribution in [-0.2, 0) is 4.43 Å². The summed E-state index contributed by atoms with van der Waals surface area (Å²) < 4.78 is 6.11. The van der Waals surface area contributed by atoms with E-state index in [1.165, 1.54) is 0 Å². The maximum absolute atomic E-state index is 6.11. The molecule has 4 heteroatoms. The van der Waals surface area contributed by atoms with Crippen LogP contribution in [-0.4, -0.2) is 26.9 Å². The zero-order chi connectivity index (χ0) is 12.3. The highest BCUT2D eigenvalue weighted by molar-refractivity contribution is 9.09. The van der Waals surface area contributed by atoms with Crippen molar-refractivity contribution in [2.24, 2.45) is 0 Å². The smallest absolute Gasteiger partial charge is 0.199 e. The van der Waals surface area contributed by atoms with Crippen LogP contribution in [0.4, 0.5) is 0 Å². The first-order valence-electron chi connectivity index (χ1n) is 5.28. The molecule has 0 heterocycles. The molecule has 0 aromatic heterocycles. The Kier molecular flexibility index (Phi) is 5.33. The lowest BCUT2D eigenvalue weighted by Crippen LogP contribution is -2.42. The molecule has 88 valence electrons. The second kappa shape index (κ2) is 5.18. The molecule has 0 N–H and O–H groups in total. The third-order valence-corrected chi connectivity index (χ3v) is 8.22. The Labute approximate surface area is 105 Å². The zero-order valence-corrected chi connectivity index (χ0v) is 14.6. The quantitative estimate of drug-likeness (QED) is 0.438. The zero-order valence-electron chi connectivity index (χ0n) is 11.0. The average Bonchev–Trinajstić information content (AvgIpc) is 1.98. The topological polar surface area (TPSA) is 9.23 Å². The third kappa shape index (κ3) is 8.26. The summed E-state index contributed by atoms with van der Waals surface area (Å²) in [6.07, 6.45) is 0. The van der Waals surface area contributed by atoms with Crippen molar-refractivity contribution in [3.05, 3.63) is 0 Å². The van der Waals surface area contributed by atoms with E-state index in [0.29, 0.717) is 0 Å². The molecular formula is C11H23BrOSi2. The summed E-state index contributed by atoms with van der Waals surface area (Å²) in [7, 11) is -2.87. The lowest BCUT2D eigenvalue weighted by molar-refractivity contribution is 0.164. The van der Waals surface area contributed by atoms with Gasteiger partial charge in [-0.25, -0.2) is 0 Å². The van der Waals surface area contributed by atoms with E-state index in [-0.39, 0.29) is 5.60 Å². The summed E-state index contributed by atoms with van der Waals surface area (Å²) in [6.45, 7) is 15.3. The molecule has 0 aromatic rings. The molecule has 0 fully saturated rings. The van der Waals surface area contributed by atoms with Gasteiger partial charge in [0.05, 0.1) is 0 Å². The number of halogens is 1. The predicted molar refractivity (Wildman–Crippen MR) is 77.6 cm³/mol. The largest absolute Gasteiger partial charge is 0.401 e. The van der Waals surface area contributed by atoms with Gasteiger partial charge in [-0.05, 0) is 26.9 Å². The molecule has 1 nitrogen and oxygen atoms in total. The molecular weight excluding hydrogens is 284 g/mol. The van der Waals surface area contributed by atoms with Gasteiger partial charge in [-0.1, -0.05) is 41.5 Å². The summed E-state index contributed by atoms with van der Waals surface area (Å²) in [6, 6.07) is 0. The Morgan fingerprint density at radius 2 is 1.60 bits per heavy atom. The van der Waals surface area contributed by atoms with Crippen LogP contribution >= 0.6 is 15.9 Å². The van der Waals surface area contributed by atoms with Gasteiger partial charge in [-0.15, -0.1) is 5.54 Å². The molecule has 0 saturated heterocycles. The molecule has 0 rings (SSSR count). The van der Waals surface area contributed by atoms with Crippen molar-refractivity contribution in [1.82, 2.24) is 0 Å². The van der Waals surface area contributed by atoms with Gasteiger partial charge in [-0.3, -0.25) is 0 Å². The molecule has 0 unspecified atom stereocenters. The van der Waals surface area contributed by atoms with Crippen LogP contribution < -0.4 is 0 Å². The Morgan fingerprint density at radius 3 is 1.93 bits per heavy atom. The monoisotopic (exact) mass is 306 g/mol. The van der Waals surface area contributed by atoms with Gasteiger partial charge in [-0.2, -0.15) is 0 Å². The van der Waals surface area contributed by atoms with Crippen molar-refractivity contribution in [2.75, 3.05) is 4.95 Å². The van der Waals surface area contributed by atoms with Crippen molar-refractivity contribution in [3.8, 4) is 11.5 Å². The maximum atomic E-state index is 6.11. The number of hydrogen-bond acceptors (Lipinski definition) is 1. The van der Waals surface area contributed by atoms with E-state index in [9.17, 15) is 0 Å². The normalized spacial score (nSPS) is 13.3. The van der Waals surface area contributed by atoms with Crippen LogP contribution in [0.25, 0.3) is 0 Å². The molecule has 15 heavy (non-hydrogen) atoms. The van der Waals surface area contributed by atoms with Crippen molar-refractivity contribution in [2.45, 2.75) is 52.2 Å². The van der Waals surface area contributed by atoms with Gasteiger partial charge in [0.15, 0.2) is 8.32 Å². The van der Waals surface area contributed by atoms with Gasteiger partial charge in [0.1, 0.15) is 13.7 Å². The van der Waals surface area contributed by atoms with Crippen molar-refractivity contribution >= 4 is 32.3 Å². The lowest BCUT2D eigenvalue weighted by atomic mass is 10.2. The van der Waals surface area contributed by atoms with Crippen LogP contribution in [0.3, 0.4) is 0 Å². The highest BCUT2D eigenvalue weighted by atomic mass is 79.9. The molecule has 0 amide bonds. The number of alkyl halides is 1. The molecule has 0 aromatic carbocycles. The summed E-state index contributed by atoms with van der Waals surface area (Å²) in [5.74, 6) is 3.29. The number of hydrogen-bond donors (Lipinski definition) is 0. The Bertz CT molecular complexity index is 269. The average molecular weight is 307 g/mol. The van der Waals surface area contributed by atoms with E-state index in [0.717, 1.165) is 4.95 Å². The Morgan fingerprint density at radius 1 is 1.13 bits per heavy atom. The first-order valence-corrected chi connectivity index (χ1v) is 13.0. The SMILES string of the molecule is CC(C)(C#C[Si](C)(C)C)O[Si](C)(C)CBr. The van der Waals surface area contributed by atoms with Gasteiger partial charge < -0.3 is 4.43 Å². The fraction of sp³-hybridized carbons (Fsp3) is 0.818. The van der Waals surface area contributed by atoms with Crippen molar-refractivity contribution in [1.29, 1.82) is 0 Å². The van der Waals surface area contributed by atoms with Crippen LogP contribution in [0.15, 0.2) is 0 Å². The third-order valence-electron chi connectivity index (χ3n) is 1.59. The minimum Gasteiger partial charge on any atom is -0.401 e. The van der Waals surface area contributed by atoms with Gasteiger partial charge in [0.2, 0.25) is 0 Å². The van der Waals surface area contributed by atoms with E-state index in [1.807, 2.05) is 0 Å². The molecule has 0 saturated carbocycles. The molecule has 0 atom stereocenters. The van der Waals surface area contributed by atoms with Gasteiger partial charge in [0, 0.05) is 4.95 Å². The molecule has 0 radical (unpaired) electrons. The predicted octanol–water partition coefficient (Wildman–Crippen LogP) is 3.80. The number of rotatable bonds is 3. The van der Waals surface area contributed by atoms with E-state index < -0.39 is 16.4 Å². The van der Waals surface area contributed by atoms with E-state index in [2.05, 4.69) is 74.0 Å². The van der Waals surface area contributed by atoms with Crippen LogP contribution in [0.1, 0.15) is 13.8 Å². The molecule has 0 bridgehead atoms. The lowest BCUT2D eigenvalue weighted by Gasteiger charge is -2.30. The fourth-order valence-electron chi connectivity index (χ4n) is 1.08. The van der Waals surface area contributed by atoms with E-state index in [4.69, 9.17) is 4.43 Å². The molecule has 0 aliphatic carbocycles. The second-order valence-electron chi connectivity index (χ2n) is 6.01. The minimum atomic E-state index is -1.58. The summed E-state index contributed by atoms with van der Waals surface area (Å²) in [5, 5.41) is 0. The summed E-state index contributed by atoms with van der Waals surface area (Å²) >= 11 is 3.51. The second-order valence-corrected chi connectivity index (χ2v) is 16.4. The highest BCUT2D eigenvalue weighted by Crippen LogP contribution is 2.18. The Balaban J connectivity index is 4.62. The maximum Gasteiger partial charge on any atom is 0.199 e. The fourth-order valence-corrected chi connectivity index (χ4v) is 3.59. The van der Waals surface area contributed by atoms with Crippen LogP contribution in [0, 0.1) is 11.5 Å². The molecule has 0 aliphatic rings. The van der Waals surface area contributed by atoms with Gasteiger partial charge >= 0.3 is 0 Å². The van der Waals surface area contributed by atoms with Crippen LogP contribution in [0.2, 0.25) is 32.7 Å². The first-order chi connectivity index (χ1) is 6.47. The van der Waals surface area contributed by atoms with E-state index >= 15 is 0 Å². The standard InChI is InChI=1S/C11H23BrOSi2/c1-11(2,8-9-14(3,4)5)13-15(6,7)10-12/h10H2,1-7H3. The Hall–Kier alpha value is 0.434. The van der Waals surface area contributed by atoms with Crippen molar-refractivity contribution < 1.29 is 4.43 Å². The van der Waals surface area contributed by atoms with Crippen molar-refractivity contribution in [3.63, 3.8) is 0 Å². The van der Waals surface area contributed by atoms with Gasteiger partial charge in [0.25, 0.3) is 0 Å². The summed E-state index contributed by atoms with van der Waals surface area (Å²) in [4.78, 5) is 0.956. The van der Waals surface area contributed by atoms with Crippen LogP contribution in [0.5, 0.6) is 0 Å². The minimum absolute atomic E-state index is 0.302. The highest BCUT2D eigenvalue weighted by Gasteiger charge is 2.29. The molecule has 0 aliphatic heterocycles. The summed E-state index contributed by atoms with van der Waals surface area (Å²) in [5.41, 5.74) is 3.08. The molecule has 0 spiro atoms.